The topological polar surface area (TPSA) is 54.8 Å². The van der Waals surface area contributed by atoms with Gasteiger partial charge in [0, 0.05) is 30.4 Å². The van der Waals surface area contributed by atoms with Crippen LogP contribution in [-0.2, 0) is 4.79 Å². The second-order valence-corrected chi connectivity index (χ2v) is 6.92. The summed E-state index contributed by atoms with van der Waals surface area (Å²) in [5.74, 6) is 0.171. The summed E-state index contributed by atoms with van der Waals surface area (Å²) in [4.78, 5) is 16.7. The number of rotatable bonds is 3. The molecule has 142 valence electrons. The monoisotopic (exact) mass is 397 g/mol. The van der Waals surface area contributed by atoms with Crippen LogP contribution in [0.2, 0.25) is 5.15 Å². The van der Waals surface area contributed by atoms with Gasteiger partial charge in [0.05, 0.1) is 24.4 Å². The van der Waals surface area contributed by atoms with Gasteiger partial charge in [-0.3, -0.25) is 4.79 Å². The third-order valence-corrected chi connectivity index (χ3v) is 5.08. The molecule has 7 heteroatoms. The van der Waals surface area contributed by atoms with Gasteiger partial charge >= 0.3 is 0 Å². The van der Waals surface area contributed by atoms with Gasteiger partial charge in [-0.1, -0.05) is 23.7 Å². The first-order chi connectivity index (χ1) is 13.5. The zero-order valence-corrected chi connectivity index (χ0v) is 16.1. The Morgan fingerprint density at radius 3 is 2.64 bits per heavy atom. The zero-order valence-electron chi connectivity index (χ0n) is 15.3. The largest absolute Gasteiger partial charge is 0.497 e. The number of ether oxygens (including phenoxy) is 1. The SMILES string of the molecule is COc1ccc2cc([C@@H]3CC(c4ccc(F)cc4)=NN3C(C)=O)c(Cl)nc2c1. The Labute approximate surface area is 166 Å². The second-order valence-electron chi connectivity index (χ2n) is 6.56. The number of fused-ring (bicyclic) bond motifs is 1. The quantitative estimate of drug-likeness (QED) is 0.600. The van der Waals surface area contributed by atoms with Gasteiger partial charge in [-0.05, 0) is 35.9 Å². The van der Waals surface area contributed by atoms with Crippen LogP contribution in [0.15, 0.2) is 53.6 Å². The number of carbonyl (C=O) groups is 1. The molecule has 28 heavy (non-hydrogen) atoms. The molecule has 1 aliphatic heterocycles. The highest BCUT2D eigenvalue weighted by Gasteiger charge is 2.33. The minimum Gasteiger partial charge on any atom is -0.497 e. The van der Waals surface area contributed by atoms with Crippen LogP contribution in [0.4, 0.5) is 4.39 Å². The van der Waals surface area contributed by atoms with Gasteiger partial charge in [-0.25, -0.2) is 14.4 Å². The molecular formula is C21H17ClFN3O2. The van der Waals surface area contributed by atoms with Crippen LogP contribution in [-0.4, -0.2) is 28.7 Å². The maximum atomic E-state index is 13.2. The number of methoxy groups -OCH3 is 1. The number of halogens is 2. The molecule has 0 bridgehead atoms. The van der Waals surface area contributed by atoms with Crippen LogP contribution in [0.25, 0.3) is 10.9 Å². The number of hydrazone groups is 1. The summed E-state index contributed by atoms with van der Waals surface area (Å²) in [7, 11) is 1.59. The summed E-state index contributed by atoms with van der Waals surface area (Å²) < 4.78 is 18.5. The average Bonchev–Trinajstić information content (AvgIpc) is 3.13. The van der Waals surface area contributed by atoms with E-state index >= 15 is 0 Å². The van der Waals surface area contributed by atoms with Gasteiger partial charge in [0.15, 0.2) is 0 Å². The Kier molecular flexibility index (Phi) is 4.73. The summed E-state index contributed by atoms with van der Waals surface area (Å²) >= 11 is 6.47. The van der Waals surface area contributed by atoms with Crippen molar-refractivity contribution in [1.29, 1.82) is 0 Å². The van der Waals surface area contributed by atoms with E-state index in [0.717, 1.165) is 16.5 Å². The number of nitrogens with zero attached hydrogens (tertiary/aromatic N) is 3. The Bertz CT molecular complexity index is 1100. The Morgan fingerprint density at radius 1 is 1.21 bits per heavy atom. The molecule has 1 amide bonds. The molecule has 0 aliphatic carbocycles. The number of hydrogen-bond acceptors (Lipinski definition) is 4. The van der Waals surface area contributed by atoms with Crippen molar-refractivity contribution in [2.24, 2.45) is 5.10 Å². The van der Waals surface area contributed by atoms with Crippen LogP contribution < -0.4 is 4.74 Å². The van der Waals surface area contributed by atoms with Crippen molar-refractivity contribution >= 4 is 34.1 Å². The van der Waals surface area contributed by atoms with Crippen LogP contribution in [0.5, 0.6) is 5.75 Å². The molecule has 4 rings (SSSR count). The molecule has 0 saturated heterocycles. The molecule has 1 aliphatic rings. The summed E-state index contributed by atoms with van der Waals surface area (Å²) in [5.41, 5.74) is 2.89. The van der Waals surface area contributed by atoms with E-state index in [9.17, 15) is 9.18 Å². The van der Waals surface area contributed by atoms with Crippen molar-refractivity contribution in [2.75, 3.05) is 7.11 Å². The fourth-order valence-electron chi connectivity index (χ4n) is 3.36. The van der Waals surface area contributed by atoms with E-state index in [1.807, 2.05) is 24.3 Å². The predicted octanol–water partition coefficient (Wildman–Crippen LogP) is 4.73. The van der Waals surface area contributed by atoms with Gasteiger partial charge in [0.2, 0.25) is 5.91 Å². The van der Waals surface area contributed by atoms with Gasteiger partial charge in [-0.15, -0.1) is 0 Å². The van der Waals surface area contributed by atoms with Crippen LogP contribution >= 0.6 is 11.6 Å². The van der Waals surface area contributed by atoms with Crippen LogP contribution in [0.1, 0.15) is 30.5 Å². The highest BCUT2D eigenvalue weighted by molar-refractivity contribution is 6.30. The molecule has 0 radical (unpaired) electrons. The van der Waals surface area contributed by atoms with Crippen LogP contribution in [0, 0.1) is 5.82 Å². The number of aromatic nitrogens is 1. The molecule has 2 heterocycles. The lowest BCUT2D eigenvalue weighted by Gasteiger charge is -2.21. The fraction of sp³-hybridized carbons (Fsp3) is 0.190. The zero-order chi connectivity index (χ0) is 19.8. The van der Waals surface area contributed by atoms with E-state index in [-0.39, 0.29) is 17.8 Å². The van der Waals surface area contributed by atoms with Crippen molar-refractivity contribution in [3.63, 3.8) is 0 Å². The van der Waals surface area contributed by atoms with Crippen molar-refractivity contribution in [1.82, 2.24) is 9.99 Å². The molecular weight excluding hydrogens is 381 g/mol. The Hall–Kier alpha value is -2.99. The Morgan fingerprint density at radius 2 is 1.96 bits per heavy atom. The lowest BCUT2D eigenvalue weighted by molar-refractivity contribution is -0.130. The summed E-state index contributed by atoms with van der Waals surface area (Å²) in [5, 5.41) is 7.08. The molecule has 0 saturated carbocycles. The van der Waals surface area contributed by atoms with Crippen molar-refractivity contribution in [3.05, 3.63) is 70.6 Å². The molecule has 1 aromatic heterocycles. The molecule has 0 unspecified atom stereocenters. The van der Waals surface area contributed by atoms with Crippen molar-refractivity contribution < 1.29 is 13.9 Å². The first-order valence-electron chi connectivity index (χ1n) is 8.73. The van der Waals surface area contributed by atoms with Gasteiger partial charge < -0.3 is 4.74 Å². The molecule has 0 fully saturated rings. The van der Waals surface area contributed by atoms with E-state index in [0.29, 0.717) is 28.6 Å². The van der Waals surface area contributed by atoms with Gasteiger partial charge in [-0.2, -0.15) is 5.10 Å². The predicted molar refractivity (Wildman–Crippen MR) is 106 cm³/mol. The van der Waals surface area contributed by atoms with E-state index in [1.54, 1.807) is 19.2 Å². The molecule has 0 N–H and O–H groups in total. The molecule has 0 spiro atoms. The number of pyridine rings is 1. The summed E-state index contributed by atoms with van der Waals surface area (Å²) in [6.45, 7) is 1.46. The third kappa shape index (κ3) is 3.31. The minimum absolute atomic E-state index is 0.201. The van der Waals surface area contributed by atoms with Gasteiger partial charge in [0.1, 0.15) is 16.7 Å². The maximum absolute atomic E-state index is 13.2. The van der Waals surface area contributed by atoms with Crippen LogP contribution in [0.3, 0.4) is 0 Å². The number of amides is 1. The maximum Gasteiger partial charge on any atom is 0.240 e. The number of benzene rings is 2. The van der Waals surface area contributed by atoms with Crippen molar-refractivity contribution in [3.8, 4) is 5.75 Å². The molecule has 5 nitrogen and oxygen atoms in total. The normalized spacial score (nSPS) is 16.4. The first-order valence-corrected chi connectivity index (χ1v) is 9.11. The summed E-state index contributed by atoms with van der Waals surface area (Å²) in [6.07, 6.45) is 0.467. The van der Waals surface area contributed by atoms with E-state index in [1.165, 1.54) is 24.1 Å². The number of carbonyl (C=O) groups excluding carboxylic acids is 1. The highest BCUT2D eigenvalue weighted by Crippen LogP contribution is 2.37. The average molecular weight is 398 g/mol. The second kappa shape index (κ2) is 7.20. The van der Waals surface area contributed by atoms with Gasteiger partial charge in [0.25, 0.3) is 0 Å². The first kappa shape index (κ1) is 18.4. The molecule has 3 aromatic rings. The molecule has 1 atom stereocenters. The smallest absolute Gasteiger partial charge is 0.240 e. The van der Waals surface area contributed by atoms with E-state index in [2.05, 4.69) is 10.1 Å². The standard InChI is InChI=1S/C21H17ClFN3O2/c1-12(27)26-20(11-19(25-26)13-3-6-15(23)7-4-13)17-9-14-5-8-16(28-2)10-18(14)24-21(17)22/h3-10,20H,11H2,1-2H3/t20-/m0/s1. The third-order valence-electron chi connectivity index (χ3n) is 4.77. The van der Waals surface area contributed by atoms with E-state index in [4.69, 9.17) is 16.3 Å². The fourth-order valence-corrected chi connectivity index (χ4v) is 3.63. The summed E-state index contributed by atoms with van der Waals surface area (Å²) in [6, 6.07) is 13.2. The Balaban J connectivity index is 1.74. The minimum atomic E-state index is -0.371. The highest BCUT2D eigenvalue weighted by atomic mass is 35.5. The van der Waals surface area contributed by atoms with E-state index < -0.39 is 0 Å². The molecule has 2 aromatic carbocycles. The van der Waals surface area contributed by atoms with Crippen molar-refractivity contribution in [2.45, 2.75) is 19.4 Å². The lowest BCUT2D eigenvalue weighted by atomic mass is 9.98. The lowest BCUT2D eigenvalue weighted by Crippen LogP contribution is -2.24. The number of hydrogen-bond donors (Lipinski definition) is 0.